The topological polar surface area (TPSA) is 84.5 Å². The molecule has 2 aromatic rings. The number of esters is 1. The van der Waals surface area contributed by atoms with E-state index >= 15 is 0 Å². The fourth-order valence-corrected chi connectivity index (χ4v) is 6.19. The fraction of sp³-hybridized carbons (Fsp3) is 0.348. The van der Waals surface area contributed by atoms with Gasteiger partial charge in [0.05, 0.1) is 16.7 Å². The van der Waals surface area contributed by atoms with Crippen molar-refractivity contribution in [2.45, 2.75) is 23.9 Å². The molecule has 2 N–H and O–H groups in total. The number of rotatable bonds is 5. The van der Waals surface area contributed by atoms with Crippen LogP contribution in [-0.4, -0.2) is 28.7 Å². The average molecular weight is 469 g/mol. The summed E-state index contributed by atoms with van der Waals surface area (Å²) in [7, 11) is 0. The maximum absolute atomic E-state index is 12.9. The number of carbonyl (C=O) groups excluding carboxylic acids is 3. The third-order valence-corrected chi connectivity index (χ3v) is 7.74. The van der Waals surface area contributed by atoms with Gasteiger partial charge >= 0.3 is 5.97 Å². The van der Waals surface area contributed by atoms with Crippen LogP contribution in [0.15, 0.2) is 54.6 Å². The number of anilines is 1. The molecule has 30 heavy (non-hydrogen) atoms. The molecule has 0 radical (unpaired) electrons. The van der Waals surface area contributed by atoms with E-state index in [-0.39, 0.29) is 52.4 Å². The third kappa shape index (κ3) is 3.21. The Hall–Kier alpha value is -2.67. The Bertz CT molecular complexity index is 994. The van der Waals surface area contributed by atoms with Crippen molar-refractivity contribution in [3.8, 4) is 0 Å². The molecule has 5 rings (SSSR count). The first kappa shape index (κ1) is 19.3. The molecule has 0 spiro atoms. The standard InChI is InChI=1S/C23H21BrN2O4/c24-19-15-10-16-18(23(29)30-20(16)19)17(15)22(28)26-14-8-6-13(7-9-14)21(27)25-11-12-4-2-1-3-5-12/h1-9,15-20H,10-11H2,(H,25,27)(H,26,28)/t15-,16-,17-,18-,19-,20+/m1/s1. The number of fused-ring (bicyclic) bond motifs is 1. The van der Waals surface area contributed by atoms with Gasteiger partial charge in [0.15, 0.2) is 0 Å². The zero-order chi connectivity index (χ0) is 20.8. The fourth-order valence-electron chi connectivity index (χ4n) is 5.14. The van der Waals surface area contributed by atoms with E-state index in [0.717, 1.165) is 12.0 Å². The molecule has 1 heterocycles. The van der Waals surface area contributed by atoms with Crippen LogP contribution in [0.2, 0.25) is 0 Å². The minimum Gasteiger partial charge on any atom is -0.461 e. The predicted molar refractivity (Wildman–Crippen MR) is 114 cm³/mol. The summed E-state index contributed by atoms with van der Waals surface area (Å²) in [4.78, 5) is 37.6. The Morgan fingerprint density at radius 2 is 1.77 bits per heavy atom. The minimum absolute atomic E-state index is 0.0386. The van der Waals surface area contributed by atoms with Crippen LogP contribution >= 0.6 is 15.9 Å². The minimum atomic E-state index is -0.375. The van der Waals surface area contributed by atoms with Crippen molar-refractivity contribution in [3.63, 3.8) is 0 Å². The van der Waals surface area contributed by atoms with E-state index in [4.69, 9.17) is 4.74 Å². The van der Waals surface area contributed by atoms with E-state index in [0.29, 0.717) is 17.8 Å². The highest BCUT2D eigenvalue weighted by molar-refractivity contribution is 9.09. The largest absolute Gasteiger partial charge is 0.461 e. The van der Waals surface area contributed by atoms with Crippen LogP contribution in [0.1, 0.15) is 22.3 Å². The second-order valence-corrected chi connectivity index (χ2v) is 9.25. The van der Waals surface area contributed by atoms with Gasteiger partial charge in [-0.2, -0.15) is 0 Å². The molecule has 3 fully saturated rings. The number of halogens is 1. The summed E-state index contributed by atoms with van der Waals surface area (Å²) in [6.07, 6.45) is 0.750. The molecular weight excluding hydrogens is 448 g/mol. The summed E-state index contributed by atoms with van der Waals surface area (Å²) in [5.41, 5.74) is 2.15. The van der Waals surface area contributed by atoms with E-state index in [1.807, 2.05) is 30.3 Å². The highest BCUT2D eigenvalue weighted by atomic mass is 79.9. The van der Waals surface area contributed by atoms with E-state index in [1.54, 1.807) is 24.3 Å². The Labute approximate surface area is 182 Å². The van der Waals surface area contributed by atoms with Crippen molar-refractivity contribution in [2.24, 2.45) is 23.7 Å². The summed E-state index contributed by atoms with van der Waals surface area (Å²) in [5, 5.41) is 5.80. The molecule has 2 aliphatic carbocycles. The second kappa shape index (κ2) is 7.54. The van der Waals surface area contributed by atoms with E-state index in [9.17, 15) is 14.4 Å². The quantitative estimate of drug-likeness (QED) is 0.521. The molecule has 0 unspecified atom stereocenters. The first-order valence-corrected chi connectivity index (χ1v) is 11.0. The Morgan fingerprint density at radius 1 is 1.03 bits per heavy atom. The summed E-state index contributed by atoms with van der Waals surface area (Å²) >= 11 is 3.63. The molecule has 6 atom stereocenters. The number of alkyl halides is 1. The summed E-state index contributed by atoms with van der Waals surface area (Å²) in [6, 6.07) is 16.5. The van der Waals surface area contributed by atoms with Crippen molar-refractivity contribution in [1.82, 2.24) is 5.32 Å². The molecule has 3 aliphatic rings. The Kier molecular flexibility index (Phi) is 4.85. The van der Waals surface area contributed by atoms with Gasteiger partial charge in [-0.05, 0) is 42.2 Å². The first-order chi connectivity index (χ1) is 14.5. The van der Waals surface area contributed by atoms with Crippen LogP contribution in [-0.2, 0) is 20.9 Å². The maximum Gasteiger partial charge on any atom is 0.310 e. The normalized spacial score (nSPS) is 30.8. The number of carbonyl (C=O) groups is 3. The summed E-state index contributed by atoms with van der Waals surface area (Å²) in [6.45, 7) is 0.453. The predicted octanol–water partition coefficient (Wildman–Crippen LogP) is 3.13. The van der Waals surface area contributed by atoms with Gasteiger partial charge in [0.2, 0.25) is 5.91 Å². The van der Waals surface area contributed by atoms with Gasteiger partial charge in [-0.3, -0.25) is 14.4 Å². The molecule has 2 saturated carbocycles. The van der Waals surface area contributed by atoms with Crippen LogP contribution in [0.4, 0.5) is 5.69 Å². The van der Waals surface area contributed by atoms with Gasteiger partial charge in [-0.15, -0.1) is 0 Å². The van der Waals surface area contributed by atoms with Crippen molar-refractivity contribution >= 4 is 39.4 Å². The first-order valence-electron chi connectivity index (χ1n) is 10.1. The van der Waals surface area contributed by atoms with Crippen LogP contribution in [0.25, 0.3) is 0 Å². The van der Waals surface area contributed by atoms with Crippen molar-refractivity contribution in [3.05, 3.63) is 65.7 Å². The average Bonchev–Trinajstić information content (AvgIpc) is 3.37. The second-order valence-electron chi connectivity index (χ2n) is 8.20. The van der Waals surface area contributed by atoms with Crippen molar-refractivity contribution in [1.29, 1.82) is 0 Å². The number of benzene rings is 2. The van der Waals surface area contributed by atoms with Crippen molar-refractivity contribution in [2.75, 3.05) is 5.32 Å². The maximum atomic E-state index is 12.9. The molecule has 154 valence electrons. The van der Waals surface area contributed by atoms with E-state index < -0.39 is 0 Å². The summed E-state index contributed by atoms with van der Waals surface area (Å²) in [5.74, 6) is -1.05. The lowest BCUT2D eigenvalue weighted by Gasteiger charge is -2.27. The van der Waals surface area contributed by atoms with Gasteiger partial charge in [0, 0.05) is 23.7 Å². The lowest BCUT2D eigenvalue weighted by Crippen LogP contribution is -2.40. The molecular formula is C23H21BrN2O4. The van der Waals surface area contributed by atoms with Gasteiger partial charge < -0.3 is 15.4 Å². The molecule has 7 heteroatoms. The lowest BCUT2D eigenvalue weighted by molar-refractivity contribution is -0.145. The number of hydrogen-bond donors (Lipinski definition) is 2. The van der Waals surface area contributed by atoms with Gasteiger partial charge in [-0.1, -0.05) is 46.3 Å². The smallest absolute Gasteiger partial charge is 0.310 e. The van der Waals surface area contributed by atoms with Gasteiger partial charge in [0.25, 0.3) is 5.91 Å². The number of ether oxygens (including phenoxy) is 1. The Balaban J connectivity index is 1.22. The third-order valence-electron chi connectivity index (χ3n) is 6.54. The van der Waals surface area contributed by atoms with Crippen LogP contribution in [0, 0.1) is 23.7 Å². The highest BCUT2D eigenvalue weighted by Gasteiger charge is 2.67. The Morgan fingerprint density at radius 3 is 2.50 bits per heavy atom. The van der Waals surface area contributed by atoms with Gasteiger partial charge in [0.1, 0.15) is 6.10 Å². The van der Waals surface area contributed by atoms with E-state index in [1.165, 1.54) is 0 Å². The van der Waals surface area contributed by atoms with Crippen molar-refractivity contribution < 1.29 is 19.1 Å². The highest BCUT2D eigenvalue weighted by Crippen LogP contribution is 2.60. The molecule has 1 saturated heterocycles. The van der Waals surface area contributed by atoms with E-state index in [2.05, 4.69) is 26.6 Å². The number of hydrogen-bond acceptors (Lipinski definition) is 4. The summed E-state index contributed by atoms with van der Waals surface area (Å²) < 4.78 is 5.47. The van der Waals surface area contributed by atoms with Crippen LogP contribution < -0.4 is 10.6 Å². The molecule has 2 amide bonds. The van der Waals surface area contributed by atoms with Crippen LogP contribution in [0.5, 0.6) is 0 Å². The zero-order valence-electron chi connectivity index (χ0n) is 16.1. The number of amides is 2. The molecule has 2 bridgehead atoms. The zero-order valence-corrected chi connectivity index (χ0v) is 17.7. The molecule has 1 aliphatic heterocycles. The lowest BCUT2D eigenvalue weighted by atomic mass is 9.79. The van der Waals surface area contributed by atoms with Crippen LogP contribution in [0.3, 0.4) is 0 Å². The number of nitrogens with one attached hydrogen (secondary N) is 2. The monoisotopic (exact) mass is 468 g/mol. The molecule has 6 nitrogen and oxygen atoms in total. The SMILES string of the molecule is O=C(NCc1ccccc1)c1ccc(NC(=O)[C@@H]2[C@H]3C[C@H]4[C@H](OC(=O)[C@H]42)[C@@H]3Br)cc1. The van der Waals surface area contributed by atoms with Gasteiger partial charge in [-0.25, -0.2) is 0 Å². The molecule has 0 aromatic heterocycles. The molecule has 2 aromatic carbocycles.